The molecule has 10 nitrogen and oxygen atoms in total. The zero-order valence-electron chi connectivity index (χ0n) is 20.3. The van der Waals surface area contributed by atoms with Crippen LogP contribution in [0.15, 0.2) is 46.1 Å². The quantitative estimate of drug-likeness (QED) is 0.459. The Morgan fingerprint density at radius 3 is 2.69 bits per heavy atom. The summed E-state index contributed by atoms with van der Waals surface area (Å²) < 4.78 is 8.40. The smallest absolute Gasteiger partial charge is 0.264 e. The second-order valence-corrected chi connectivity index (χ2v) is 10.0. The van der Waals surface area contributed by atoms with Crippen LogP contribution in [0.1, 0.15) is 37.1 Å². The molecule has 186 valence electrons. The number of aromatic nitrogens is 5. The Morgan fingerprint density at radius 1 is 1.22 bits per heavy atom. The fourth-order valence-corrected chi connectivity index (χ4v) is 5.15. The monoisotopic (exact) mass is 488 g/mol. The van der Waals surface area contributed by atoms with Crippen LogP contribution in [0.3, 0.4) is 0 Å². The highest BCUT2D eigenvalue weighted by Crippen LogP contribution is 2.33. The molecule has 4 aromatic rings. The third kappa shape index (κ3) is 3.91. The number of amides is 1. The van der Waals surface area contributed by atoms with Gasteiger partial charge in [0.25, 0.3) is 5.56 Å². The molecule has 0 radical (unpaired) electrons. The lowest BCUT2D eigenvalue weighted by molar-refractivity contribution is -0.137. The van der Waals surface area contributed by atoms with Gasteiger partial charge in [-0.2, -0.15) is 5.10 Å². The van der Waals surface area contributed by atoms with Gasteiger partial charge in [0.15, 0.2) is 5.65 Å². The van der Waals surface area contributed by atoms with Crippen molar-refractivity contribution >= 4 is 16.9 Å². The van der Waals surface area contributed by atoms with E-state index in [0.29, 0.717) is 37.0 Å². The SMILES string of the molecule is Cc1noc(C)c1-c1cccc(-n2ncc3c(=O)n(CC4(O)CCN(C(=O)C5CC5)CC4)cnc32)c1. The van der Waals surface area contributed by atoms with Gasteiger partial charge >= 0.3 is 0 Å². The van der Waals surface area contributed by atoms with Crippen molar-refractivity contribution in [2.75, 3.05) is 13.1 Å². The Morgan fingerprint density at radius 2 is 2.00 bits per heavy atom. The van der Waals surface area contributed by atoms with E-state index in [9.17, 15) is 14.7 Å². The van der Waals surface area contributed by atoms with E-state index in [1.165, 1.54) is 17.1 Å². The van der Waals surface area contributed by atoms with Crippen LogP contribution in [-0.2, 0) is 11.3 Å². The van der Waals surface area contributed by atoms with E-state index in [2.05, 4.69) is 15.2 Å². The van der Waals surface area contributed by atoms with Gasteiger partial charge < -0.3 is 14.5 Å². The van der Waals surface area contributed by atoms with Crippen LogP contribution in [0.25, 0.3) is 27.8 Å². The van der Waals surface area contributed by atoms with Crippen LogP contribution in [-0.4, -0.2) is 59.1 Å². The first-order valence-electron chi connectivity index (χ1n) is 12.3. The first-order chi connectivity index (χ1) is 17.3. The fraction of sp³-hybridized carbons (Fsp3) is 0.423. The summed E-state index contributed by atoms with van der Waals surface area (Å²) in [5, 5.41) is 20.0. The third-order valence-corrected chi connectivity index (χ3v) is 7.36. The molecule has 1 saturated carbocycles. The zero-order valence-corrected chi connectivity index (χ0v) is 20.3. The molecular formula is C26H28N6O4. The molecule has 4 heterocycles. The summed E-state index contributed by atoms with van der Waals surface area (Å²) in [6, 6.07) is 7.76. The molecule has 36 heavy (non-hydrogen) atoms. The number of carbonyl (C=O) groups excluding carboxylic acids is 1. The molecule has 6 rings (SSSR count). The average molecular weight is 489 g/mol. The molecule has 1 aromatic carbocycles. The number of aliphatic hydroxyl groups is 1. The number of aryl methyl sites for hydroxylation is 2. The van der Waals surface area contributed by atoms with Crippen molar-refractivity contribution < 1.29 is 14.4 Å². The second kappa shape index (κ2) is 8.41. The number of hydrogen-bond donors (Lipinski definition) is 1. The van der Waals surface area contributed by atoms with Crippen molar-refractivity contribution in [2.24, 2.45) is 5.92 Å². The summed E-state index contributed by atoms with van der Waals surface area (Å²) in [6.07, 6.45) is 5.80. The fourth-order valence-electron chi connectivity index (χ4n) is 5.15. The van der Waals surface area contributed by atoms with E-state index in [1.54, 1.807) is 4.68 Å². The molecule has 10 heteroatoms. The minimum atomic E-state index is -1.06. The van der Waals surface area contributed by atoms with Gasteiger partial charge in [-0.1, -0.05) is 17.3 Å². The van der Waals surface area contributed by atoms with Crippen molar-refractivity contribution in [1.82, 2.24) is 29.4 Å². The lowest BCUT2D eigenvalue weighted by atomic mass is 9.91. The van der Waals surface area contributed by atoms with Crippen LogP contribution in [0.5, 0.6) is 0 Å². The molecular weight excluding hydrogens is 460 g/mol. The normalized spacial score (nSPS) is 17.6. The third-order valence-electron chi connectivity index (χ3n) is 7.36. The number of hydrogen-bond acceptors (Lipinski definition) is 7. The Kier molecular flexibility index (Phi) is 5.29. The maximum Gasteiger partial charge on any atom is 0.264 e. The highest BCUT2D eigenvalue weighted by atomic mass is 16.5. The number of fused-ring (bicyclic) bond motifs is 1. The molecule has 0 bridgehead atoms. The van der Waals surface area contributed by atoms with Crippen molar-refractivity contribution in [3.05, 3.63) is 58.6 Å². The lowest BCUT2D eigenvalue weighted by Gasteiger charge is -2.38. The van der Waals surface area contributed by atoms with E-state index in [0.717, 1.165) is 41.1 Å². The molecule has 0 atom stereocenters. The van der Waals surface area contributed by atoms with Crippen LogP contribution in [0, 0.1) is 19.8 Å². The first-order valence-corrected chi connectivity index (χ1v) is 12.3. The highest BCUT2D eigenvalue weighted by molar-refractivity contribution is 5.81. The first kappa shape index (κ1) is 22.7. The summed E-state index contributed by atoms with van der Waals surface area (Å²) in [7, 11) is 0. The van der Waals surface area contributed by atoms with Gasteiger partial charge in [-0.05, 0) is 57.2 Å². The molecule has 2 fully saturated rings. The van der Waals surface area contributed by atoms with E-state index in [1.807, 2.05) is 43.0 Å². The average Bonchev–Trinajstić information content (AvgIpc) is 3.54. The second-order valence-electron chi connectivity index (χ2n) is 10.0. The molecule has 0 spiro atoms. The summed E-state index contributed by atoms with van der Waals surface area (Å²) >= 11 is 0. The molecule has 3 aromatic heterocycles. The number of nitrogens with zero attached hydrogens (tertiary/aromatic N) is 6. The molecule has 1 amide bonds. The topological polar surface area (TPSA) is 119 Å². The zero-order chi connectivity index (χ0) is 25.0. The van der Waals surface area contributed by atoms with Crippen molar-refractivity contribution in [3.63, 3.8) is 0 Å². The van der Waals surface area contributed by atoms with Crippen molar-refractivity contribution in [2.45, 2.75) is 51.7 Å². The van der Waals surface area contributed by atoms with Gasteiger partial charge in [0.05, 0.1) is 29.7 Å². The Balaban J connectivity index is 1.26. The largest absolute Gasteiger partial charge is 0.388 e. The molecule has 1 N–H and O–H groups in total. The van der Waals surface area contributed by atoms with Gasteiger partial charge in [-0.25, -0.2) is 9.67 Å². The Labute approximate surface area is 207 Å². The van der Waals surface area contributed by atoms with Crippen molar-refractivity contribution in [3.8, 4) is 16.8 Å². The summed E-state index contributed by atoms with van der Waals surface area (Å²) in [5.74, 6) is 1.10. The molecule has 0 unspecified atom stereocenters. The predicted molar refractivity (Wildman–Crippen MR) is 132 cm³/mol. The van der Waals surface area contributed by atoms with Crippen LogP contribution < -0.4 is 5.56 Å². The summed E-state index contributed by atoms with van der Waals surface area (Å²) in [6.45, 7) is 4.92. The van der Waals surface area contributed by atoms with Crippen LogP contribution >= 0.6 is 0 Å². The summed E-state index contributed by atoms with van der Waals surface area (Å²) in [5.41, 5.74) is 2.58. The van der Waals surface area contributed by atoms with Gasteiger partial charge in [-0.15, -0.1) is 0 Å². The van der Waals surface area contributed by atoms with Crippen molar-refractivity contribution in [1.29, 1.82) is 0 Å². The molecule has 1 saturated heterocycles. The van der Waals surface area contributed by atoms with Crippen LogP contribution in [0.4, 0.5) is 0 Å². The number of rotatable bonds is 5. The van der Waals surface area contributed by atoms with Crippen LogP contribution in [0.2, 0.25) is 0 Å². The van der Waals surface area contributed by atoms with E-state index in [4.69, 9.17) is 4.52 Å². The van der Waals surface area contributed by atoms with Gasteiger partial charge in [0.1, 0.15) is 17.5 Å². The van der Waals surface area contributed by atoms with Gasteiger partial charge in [0, 0.05) is 24.6 Å². The number of benzene rings is 1. The number of piperidine rings is 1. The minimum absolute atomic E-state index is 0.132. The predicted octanol–water partition coefficient (Wildman–Crippen LogP) is 2.62. The number of likely N-dealkylation sites (tertiary alicyclic amines) is 1. The van der Waals surface area contributed by atoms with Gasteiger partial charge in [0.2, 0.25) is 5.91 Å². The summed E-state index contributed by atoms with van der Waals surface area (Å²) in [4.78, 5) is 32.0. The molecule has 1 aliphatic heterocycles. The molecule has 2 aliphatic rings. The highest BCUT2D eigenvalue weighted by Gasteiger charge is 2.39. The molecule has 1 aliphatic carbocycles. The maximum absolute atomic E-state index is 13.3. The number of carbonyl (C=O) groups is 1. The van der Waals surface area contributed by atoms with E-state index < -0.39 is 5.60 Å². The maximum atomic E-state index is 13.3. The standard InChI is InChI=1S/C26H28N6O4/c1-16-22(17(2)36-29-16)19-4-3-5-20(12-19)32-23-21(13-28-32)25(34)31(15-27-23)14-26(35)8-10-30(11-9-26)24(33)18-6-7-18/h3-5,12-13,15,18,35H,6-11,14H2,1-2H3. The Hall–Kier alpha value is -3.79. The van der Waals surface area contributed by atoms with Gasteiger partial charge in [-0.3, -0.25) is 14.2 Å². The Bertz CT molecular complexity index is 1500. The van der Waals surface area contributed by atoms with E-state index in [-0.39, 0.29) is 23.9 Å². The lowest BCUT2D eigenvalue weighted by Crippen LogP contribution is -2.50. The minimum Gasteiger partial charge on any atom is -0.388 e. The van der Waals surface area contributed by atoms with E-state index >= 15 is 0 Å².